The maximum atomic E-state index is 12.2. The van der Waals surface area contributed by atoms with E-state index in [0.717, 1.165) is 5.56 Å². The normalized spacial score (nSPS) is 10.6. The van der Waals surface area contributed by atoms with Crippen LogP contribution < -0.4 is 0 Å². The highest BCUT2D eigenvalue weighted by atomic mass is 35.5. The van der Waals surface area contributed by atoms with E-state index < -0.39 is 0 Å². The molecule has 0 radical (unpaired) electrons. The van der Waals surface area contributed by atoms with E-state index in [0.29, 0.717) is 24.8 Å². The molecule has 0 aliphatic heterocycles. The maximum Gasteiger partial charge on any atom is 0.203 e. The second-order valence-corrected chi connectivity index (χ2v) is 6.08. The van der Waals surface area contributed by atoms with Crippen LogP contribution in [0.5, 0.6) is 0 Å². The molecule has 0 N–H and O–H groups in total. The van der Waals surface area contributed by atoms with Crippen molar-refractivity contribution < 1.29 is 4.79 Å². The number of thiophene rings is 1. The zero-order chi connectivity index (χ0) is 12.6. The van der Waals surface area contributed by atoms with Crippen LogP contribution in [0, 0.1) is 6.92 Å². The minimum atomic E-state index is -0.116. The summed E-state index contributed by atoms with van der Waals surface area (Å²) in [5.74, 6) is -0.116. The lowest BCUT2D eigenvalue weighted by Gasteiger charge is -2.00. The summed E-state index contributed by atoms with van der Waals surface area (Å²) in [5.41, 5.74) is 1.37. The van der Waals surface area contributed by atoms with Crippen molar-refractivity contribution >= 4 is 51.9 Å². The first kappa shape index (κ1) is 12.9. The molecular formula is C12H7Cl3OS. The molecule has 1 aromatic carbocycles. The molecule has 0 aliphatic rings. The molecule has 0 saturated heterocycles. The number of halogens is 3. The van der Waals surface area contributed by atoms with Gasteiger partial charge in [-0.3, -0.25) is 4.79 Å². The predicted octanol–water partition coefficient (Wildman–Crippen LogP) is 5.25. The largest absolute Gasteiger partial charge is 0.288 e. The summed E-state index contributed by atoms with van der Waals surface area (Å²) in [4.78, 5) is 12.7. The fourth-order valence-electron chi connectivity index (χ4n) is 1.40. The molecule has 2 rings (SSSR count). The number of hydrogen-bond donors (Lipinski definition) is 0. The van der Waals surface area contributed by atoms with Gasteiger partial charge in [-0.1, -0.05) is 34.8 Å². The van der Waals surface area contributed by atoms with Gasteiger partial charge in [0.1, 0.15) is 0 Å². The van der Waals surface area contributed by atoms with Gasteiger partial charge in [-0.2, -0.15) is 0 Å². The molecule has 0 atom stereocenters. The summed E-state index contributed by atoms with van der Waals surface area (Å²) in [5, 5.41) is 0.889. The first-order valence-electron chi connectivity index (χ1n) is 4.74. The second-order valence-electron chi connectivity index (χ2n) is 3.55. The first-order valence-corrected chi connectivity index (χ1v) is 6.69. The van der Waals surface area contributed by atoms with Gasteiger partial charge in [0.25, 0.3) is 0 Å². The molecule has 0 bridgehead atoms. The van der Waals surface area contributed by atoms with Crippen LogP contribution in [-0.2, 0) is 0 Å². The molecule has 17 heavy (non-hydrogen) atoms. The molecule has 0 saturated carbocycles. The van der Waals surface area contributed by atoms with E-state index in [4.69, 9.17) is 34.8 Å². The topological polar surface area (TPSA) is 17.1 Å². The number of rotatable bonds is 2. The minimum absolute atomic E-state index is 0.116. The SMILES string of the molecule is Cc1cc(C(=O)c2cc(Cl)cc(Cl)c2)sc1Cl. The van der Waals surface area contributed by atoms with Crippen molar-refractivity contribution in [2.45, 2.75) is 6.92 Å². The van der Waals surface area contributed by atoms with Crippen molar-refractivity contribution in [2.75, 3.05) is 0 Å². The Balaban J connectivity index is 2.43. The average molecular weight is 306 g/mol. The van der Waals surface area contributed by atoms with Crippen LogP contribution in [0.2, 0.25) is 14.4 Å². The van der Waals surface area contributed by atoms with Gasteiger partial charge in [0.05, 0.1) is 9.21 Å². The molecular weight excluding hydrogens is 299 g/mol. The Kier molecular flexibility index (Phi) is 3.79. The van der Waals surface area contributed by atoms with Gasteiger partial charge < -0.3 is 0 Å². The number of benzene rings is 1. The Labute approximate surface area is 118 Å². The second kappa shape index (κ2) is 4.99. The zero-order valence-corrected chi connectivity index (χ0v) is 11.8. The number of carbonyl (C=O) groups excluding carboxylic acids is 1. The van der Waals surface area contributed by atoms with Crippen LogP contribution in [0.4, 0.5) is 0 Å². The first-order chi connectivity index (χ1) is 7.97. The maximum absolute atomic E-state index is 12.2. The van der Waals surface area contributed by atoms with Crippen LogP contribution in [0.15, 0.2) is 24.3 Å². The Hall–Kier alpha value is -0.540. The third kappa shape index (κ3) is 2.83. The van der Waals surface area contributed by atoms with E-state index in [9.17, 15) is 4.79 Å². The van der Waals surface area contributed by atoms with Gasteiger partial charge in [-0.15, -0.1) is 11.3 Å². The summed E-state index contributed by atoms with van der Waals surface area (Å²) < 4.78 is 0.626. The molecule has 88 valence electrons. The van der Waals surface area contributed by atoms with E-state index in [2.05, 4.69) is 0 Å². The van der Waals surface area contributed by atoms with Crippen molar-refractivity contribution in [1.82, 2.24) is 0 Å². The molecule has 0 unspecified atom stereocenters. The monoisotopic (exact) mass is 304 g/mol. The third-order valence-electron chi connectivity index (χ3n) is 2.21. The summed E-state index contributed by atoms with van der Waals surface area (Å²) in [6.07, 6.45) is 0. The lowest BCUT2D eigenvalue weighted by molar-refractivity contribution is 0.104. The average Bonchev–Trinajstić information content (AvgIpc) is 2.57. The molecule has 0 spiro atoms. The lowest BCUT2D eigenvalue weighted by atomic mass is 10.1. The van der Waals surface area contributed by atoms with Crippen molar-refractivity contribution in [3.05, 3.63) is 54.7 Å². The van der Waals surface area contributed by atoms with Crippen molar-refractivity contribution in [1.29, 1.82) is 0 Å². The number of hydrogen-bond acceptors (Lipinski definition) is 2. The molecule has 1 aromatic heterocycles. The summed E-state index contributed by atoms with van der Waals surface area (Å²) in [6.45, 7) is 1.86. The highest BCUT2D eigenvalue weighted by molar-refractivity contribution is 7.18. The van der Waals surface area contributed by atoms with Crippen LogP contribution in [0.25, 0.3) is 0 Å². The van der Waals surface area contributed by atoms with E-state index in [1.165, 1.54) is 11.3 Å². The van der Waals surface area contributed by atoms with Gasteiger partial charge >= 0.3 is 0 Å². The highest BCUT2D eigenvalue weighted by Gasteiger charge is 2.14. The molecule has 0 aliphatic carbocycles. The Bertz CT molecular complexity index is 550. The molecule has 1 heterocycles. The Morgan fingerprint density at radius 1 is 1.06 bits per heavy atom. The molecule has 5 heteroatoms. The zero-order valence-electron chi connectivity index (χ0n) is 8.76. The quantitative estimate of drug-likeness (QED) is 0.693. The standard InChI is InChI=1S/C12H7Cl3OS/c1-6-2-10(17-12(6)15)11(16)7-3-8(13)5-9(14)4-7/h2-5H,1H3. The van der Waals surface area contributed by atoms with Crippen LogP contribution >= 0.6 is 46.1 Å². The third-order valence-corrected chi connectivity index (χ3v) is 4.20. The highest BCUT2D eigenvalue weighted by Crippen LogP contribution is 2.29. The molecule has 2 aromatic rings. The van der Waals surface area contributed by atoms with Crippen molar-refractivity contribution in [3.8, 4) is 0 Å². The Morgan fingerprint density at radius 2 is 1.65 bits per heavy atom. The Morgan fingerprint density at radius 3 is 2.12 bits per heavy atom. The summed E-state index contributed by atoms with van der Waals surface area (Å²) in [7, 11) is 0. The smallest absolute Gasteiger partial charge is 0.203 e. The van der Waals surface area contributed by atoms with Crippen LogP contribution in [0.3, 0.4) is 0 Å². The fraction of sp³-hybridized carbons (Fsp3) is 0.0833. The van der Waals surface area contributed by atoms with E-state index >= 15 is 0 Å². The van der Waals surface area contributed by atoms with Gasteiger partial charge in [0, 0.05) is 15.6 Å². The lowest BCUT2D eigenvalue weighted by Crippen LogP contribution is -1.98. The van der Waals surface area contributed by atoms with Gasteiger partial charge in [0.2, 0.25) is 5.78 Å². The van der Waals surface area contributed by atoms with E-state index in [1.807, 2.05) is 6.92 Å². The van der Waals surface area contributed by atoms with Gasteiger partial charge in [-0.05, 0) is 36.8 Å². The van der Waals surface area contributed by atoms with Crippen molar-refractivity contribution in [2.24, 2.45) is 0 Å². The number of carbonyl (C=O) groups is 1. The number of aryl methyl sites for hydroxylation is 1. The minimum Gasteiger partial charge on any atom is -0.288 e. The molecule has 0 amide bonds. The predicted molar refractivity (Wildman–Crippen MR) is 74.0 cm³/mol. The number of ketones is 1. The fourth-order valence-corrected chi connectivity index (χ4v) is 3.09. The van der Waals surface area contributed by atoms with Crippen LogP contribution in [-0.4, -0.2) is 5.78 Å². The van der Waals surface area contributed by atoms with Gasteiger partial charge in [-0.25, -0.2) is 0 Å². The molecule has 0 fully saturated rings. The van der Waals surface area contributed by atoms with Crippen molar-refractivity contribution in [3.63, 3.8) is 0 Å². The van der Waals surface area contributed by atoms with Gasteiger partial charge in [0.15, 0.2) is 0 Å². The van der Waals surface area contributed by atoms with E-state index in [1.54, 1.807) is 24.3 Å². The van der Waals surface area contributed by atoms with Crippen LogP contribution in [0.1, 0.15) is 20.8 Å². The van der Waals surface area contributed by atoms with E-state index in [-0.39, 0.29) is 5.78 Å². The summed E-state index contributed by atoms with van der Waals surface area (Å²) in [6, 6.07) is 6.55. The summed E-state index contributed by atoms with van der Waals surface area (Å²) >= 11 is 18.9. The molecule has 1 nitrogen and oxygen atoms in total.